The highest BCUT2D eigenvalue weighted by Crippen LogP contribution is 2.10. The fourth-order valence-electron chi connectivity index (χ4n) is 2.30. The number of hydrogen-bond acceptors (Lipinski definition) is 8. The molecule has 0 spiro atoms. The Balaban J connectivity index is 5.49. The topological polar surface area (TPSA) is 188 Å². The molecule has 0 bridgehead atoms. The highest BCUT2D eigenvalue weighted by atomic mass is 32.1. The molecule has 0 aromatic heterocycles. The van der Waals surface area contributed by atoms with E-state index in [-0.39, 0.29) is 23.8 Å². The summed E-state index contributed by atoms with van der Waals surface area (Å²) < 4.78 is 0. The first-order valence-corrected chi connectivity index (χ1v) is 10.6. The molecule has 0 aromatic carbocycles. The van der Waals surface area contributed by atoms with Crippen LogP contribution in [0, 0.1) is 5.92 Å². The van der Waals surface area contributed by atoms with E-state index in [9.17, 15) is 24.0 Å². The van der Waals surface area contributed by atoms with Crippen molar-refractivity contribution in [2.24, 2.45) is 11.7 Å². The van der Waals surface area contributed by atoms with Crippen molar-refractivity contribution in [3.63, 3.8) is 0 Å². The van der Waals surface area contributed by atoms with Gasteiger partial charge in [0.1, 0.15) is 18.1 Å². The van der Waals surface area contributed by atoms with Gasteiger partial charge in [0.15, 0.2) is 0 Å². The van der Waals surface area contributed by atoms with Gasteiger partial charge in [-0.05, 0) is 12.3 Å². The third-order valence-electron chi connectivity index (χ3n) is 4.40. The largest absolute Gasteiger partial charge is 0.481 e. The number of amides is 3. The van der Waals surface area contributed by atoms with Gasteiger partial charge < -0.3 is 31.9 Å². The van der Waals surface area contributed by atoms with Crippen LogP contribution in [0.1, 0.15) is 33.1 Å². The second-order valence-corrected chi connectivity index (χ2v) is 7.47. The Morgan fingerprint density at radius 3 is 1.90 bits per heavy atom. The van der Waals surface area contributed by atoms with Gasteiger partial charge in [-0.3, -0.25) is 19.2 Å². The minimum atomic E-state index is -1.33. The fraction of sp³-hybridized carbons (Fsp3) is 0.706. The smallest absolute Gasteiger partial charge is 0.327 e. The number of rotatable bonds is 14. The lowest BCUT2D eigenvalue weighted by Crippen LogP contribution is -2.59. The molecule has 0 saturated heterocycles. The van der Waals surface area contributed by atoms with Crippen molar-refractivity contribution in [1.29, 1.82) is 0 Å². The molecule has 11 nitrogen and oxygen atoms in total. The molecule has 0 radical (unpaired) electrons. The number of thiol groups is 2. The van der Waals surface area contributed by atoms with Crippen LogP contribution in [0.3, 0.4) is 0 Å². The molecule has 0 aromatic rings. The molecule has 0 aliphatic heterocycles. The lowest BCUT2D eigenvalue weighted by Gasteiger charge is -2.27. The van der Waals surface area contributed by atoms with Gasteiger partial charge in [0.2, 0.25) is 17.7 Å². The highest BCUT2D eigenvalue weighted by Gasteiger charge is 2.32. The van der Waals surface area contributed by atoms with E-state index in [2.05, 4.69) is 41.2 Å². The van der Waals surface area contributed by atoms with Gasteiger partial charge in [0, 0.05) is 17.9 Å². The Morgan fingerprint density at radius 2 is 1.47 bits per heavy atom. The van der Waals surface area contributed by atoms with E-state index in [0.29, 0.717) is 6.42 Å². The van der Waals surface area contributed by atoms with Gasteiger partial charge in [0.05, 0.1) is 6.04 Å². The molecule has 0 saturated carbocycles. The highest BCUT2D eigenvalue weighted by molar-refractivity contribution is 7.80. The summed E-state index contributed by atoms with van der Waals surface area (Å²) >= 11 is 7.79. The quantitative estimate of drug-likeness (QED) is 0.144. The second-order valence-electron chi connectivity index (χ2n) is 6.74. The summed E-state index contributed by atoms with van der Waals surface area (Å²) in [4.78, 5) is 59.4. The van der Waals surface area contributed by atoms with Crippen LogP contribution >= 0.6 is 25.3 Å². The molecule has 3 amide bonds. The van der Waals surface area contributed by atoms with Crippen molar-refractivity contribution in [1.82, 2.24) is 16.0 Å². The predicted molar refractivity (Wildman–Crippen MR) is 115 cm³/mol. The normalized spacial score (nSPS) is 15.8. The standard InChI is InChI=1S/C17H30N4O7S2/c1-3-8(2)13(21-14(24)9(18)6-29)16(26)19-10(4-5-12(22)23)15(25)20-11(7-30)17(27)28/h8-11,13,29-30H,3-7,18H2,1-2H3,(H,19,26)(H,20,25)(H,21,24)(H,22,23)(H,27,28). The van der Waals surface area contributed by atoms with Crippen molar-refractivity contribution >= 4 is 54.9 Å². The fourth-order valence-corrected chi connectivity index (χ4v) is 2.71. The van der Waals surface area contributed by atoms with E-state index in [1.54, 1.807) is 13.8 Å². The maximum absolute atomic E-state index is 12.8. The van der Waals surface area contributed by atoms with E-state index in [1.807, 2.05) is 0 Å². The molecule has 0 rings (SSSR count). The summed E-state index contributed by atoms with van der Waals surface area (Å²) in [7, 11) is 0. The molecule has 0 heterocycles. The Morgan fingerprint density at radius 1 is 0.900 bits per heavy atom. The lowest BCUT2D eigenvalue weighted by atomic mass is 9.97. The molecule has 7 N–H and O–H groups in total. The number of carboxylic acid groups (broad SMARTS) is 2. The van der Waals surface area contributed by atoms with Crippen molar-refractivity contribution in [3.8, 4) is 0 Å². The van der Waals surface area contributed by atoms with E-state index in [0.717, 1.165) is 0 Å². The Bertz CT molecular complexity index is 635. The molecule has 172 valence electrons. The molecule has 0 aliphatic rings. The van der Waals surface area contributed by atoms with Gasteiger partial charge in [-0.15, -0.1) is 0 Å². The molecule has 13 heteroatoms. The molecule has 5 unspecified atom stereocenters. The van der Waals surface area contributed by atoms with Crippen LogP contribution in [0.15, 0.2) is 0 Å². The number of carboxylic acids is 2. The van der Waals surface area contributed by atoms with Crippen LogP contribution in [0.25, 0.3) is 0 Å². The molecule has 5 atom stereocenters. The summed E-state index contributed by atoms with van der Waals surface area (Å²) in [5.41, 5.74) is 5.62. The molecule has 30 heavy (non-hydrogen) atoms. The van der Waals surface area contributed by atoms with Gasteiger partial charge in [-0.2, -0.15) is 25.3 Å². The van der Waals surface area contributed by atoms with Crippen molar-refractivity contribution in [3.05, 3.63) is 0 Å². The third-order valence-corrected chi connectivity index (χ3v) is 5.16. The number of aliphatic carboxylic acids is 2. The zero-order valence-corrected chi connectivity index (χ0v) is 18.6. The summed E-state index contributed by atoms with van der Waals surface area (Å²) in [5, 5.41) is 25.1. The number of hydrogen-bond donors (Lipinski definition) is 8. The van der Waals surface area contributed by atoms with Gasteiger partial charge in [0.25, 0.3) is 0 Å². The molecular weight excluding hydrogens is 436 g/mol. The average Bonchev–Trinajstić information content (AvgIpc) is 2.70. The summed E-state index contributed by atoms with van der Waals surface area (Å²) in [6.07, 6.45) is -0.202. The van der Waals surface area contributed by atoms with Crippen LogP contribution in [0.2, 0.25) is 0 Å². The summed E-state index contributed by atoms with van der Waals surface area (Å²) in [5.74, 6) is -5.17. The number of nitrogens with two attached hydrogens (primary N) is 1. The maximum Gasteiger partial charge on any atom is 0.327 e. The average molecular weight is 467 g/mol. The molecular formula is C17H30N4O7S2. The number of carbonyl (C=O) groups is 5. The van der Waals surface area contributed by atoms with E-state index >= 15 is 0 Å². The zero-order valence-electron chi connectivity index (χ0n) is 16.8. The van der Waals surface area contributed by atoms with E-state index in [4.69, 9.17) is 15.9 Å². The Labute approximate surface area is 185 Å². The third kappa shape index (κ3) is 9.67. The van der Waals surface area contributed by atoms with Crippen LogP contribution in [0.5, 0.6) is 0 Å². The predicted octanol–water partition coefficient (Wildman–Crippen LogP) is -1.38. The minimum Gasteiger partial charge on any atom is -0.481 e. The van der Waals surface area contributed by atoms with Gasteiger partial charge in [-0.1, -0.05) is 20.3 Å². The molecule has 0 fully saturated rings. The first kappa shape index (κ1) is 28.0. The van der Waals surface area contributed by atoms with Crippen molar-refractivity contribution in [2.75, 3.05) is 11.5 Å². The summed E-state index contributed by atoms with van der Waals surface area (Å²) in [6.45, 7) is 3.51. The molecule has 0 aliphatic carbocycles. The Kier molecular flexibility index (Phi) is 13.2. The Hall–Kier alpha value is -1.99. The van der Waals surface area contributed by atoms with Gasteiger partial charge in [-0.25, -0.2) is 4.79 Å². The monoisotopic (exact) mass is 466 g/mol. The lowest BCUT2D eigenvalue weighted by molar-refractivity contribution is -0.142. The van der Waals surface area contributed by atoms with E-state index in [1.165, 1.54) is 0 Å². The van der Waals surface area contributed by atoms with E-state index < -0.39 is 60.2 Å². The first-order valence-electron chi connectivity index (χ1n) is 9.31. The van der Waals surface area contributed by atoms with Gasteiger partial charge >= 0.3 is 11.9 Å². The SMILES string of the molecule is CCC(C)C(NC(=O)C(N)CS)C(=O)NC(CCC(=O)O)C(=O)NC(CS)C(=O)O. The van der Waals surface area contributed by atoms with Crippen LogP contribution in [-0.2, 0) is 24.0 Å². The maximum atomic E-state index is 12.8. The van der Waals surface area contributed by atoms with Crippen molar-refractivity contribution < 1.29 is 34.2 Å². The first-order chi connectivity index (χ1) is 14.0. The van der Waals surface area contributed by atoms with Crippen molar-refractivity contribution in [2.45, 2.75) is 57.3 Å². The van der Waals surface area contributed by atoms with Crippen LogP contribution < -0.4 is 21.7 Å². The van der Waals surface area contributed by atoms with Crippen LogP contribution in [-0.4, -0.2) is 75.5 Å². The summed E-state index contributed by atoms with van der Waals surface area (Å²) in [6, 6.07) is -4.61. The number of nitrogens with one attached hydrogen (secondary N) is 3. The minimum absolute atomic E-state index is 0.0601. The van der Waals surface area contributed by atoms with Crippen LogP contribution in [0.4, 0.5) is 0 Å². The zero-order chi connectivity index (χ0) is 23.4. The number of carbonyl (C=O) groups excluding carboxylic acids is 3. The second kappa shape index (κ2) is 14.1.